The van der Waals surface area contributed by atoms with Gasteiger partial charge in [0.25, 0.3) is 0 Å². The van der Waals surface area contributed by atoms with Crippen molar-refractivity contribution in [1.82, 2.24) is 4.98 Å². The van der Waals surface area contributed by atoms with Gasteiger partial charge in [-0.2, -0.15) is 0 Å². The zero-order chi connectivity index (χ0) is 13.8. The predicted octanol–water partition coefficient (Wildman–Crippen LogP) is 2.72. The van der Waals surface area contributed by atoms with E-state index in [2.05, 4.69) is 4.98 Å². The molecule has 0 atom stereocenters. The van der Waals surface area contributed by atoms with Gasteiger partial charge in [0.15, 0.2) is 0 Å². The van der Waals surface area contributed by atoms with E-state index in [1.54, 1.807) is 18.3 Å². The van der Waals surface area contributed by atoms with Gasteiger partial charge in [-0.05, 0) is 30.7 Å². The molecule has 1 aromatic carbocycles. The number of aryl methyl sites for hydroxylation is 1. The van der Waals surface area contributed by atoms with Gasteiger partial charge in [0.05, 0.1) is 23.5 Å². The minimum absolute atomic E-state index is 0.318. The summed E-state index contributed by atoms with van der Waals surface area (Å²) < 4.78 is 0. The van der Waals surface area contributed by atoms with Gasteiger partial charge in [-0.15, -0.1) is 0 Å². The van der Waals surface area contributed by atoms with Crippen molar-refractivity contribution in [2.24, 2.45) is 0 Å². The number of aromatic nitrogens is 1. The summed E-state index contributed by atoms with van der Waals surface area (Å²) in [6.07, 6.45) is 1.74. The van der Waals surface area contributed by atoms with Crippen LogP contribution in [0.15, 0.2) is 42.6 Å². The van der Waals surface area contributed by atoms with Gasteiger partial charge < -0.3 is 10.0 Å². The van der Waals surface area contributed by atoms with Crippen LogP contribution >= 0.6 is 0 Å². The Morgan fingerprint density at radius 3 is 2.68 bits per heavy atom. The molecular weight excluding hydrogens is 240 g/mol. The zero-order valence-electron chi connectivity index (χ0n) is 11.0. The highest BCUT2D eigenvalue weighted by atomic mass is 16.4. The van der Waals surface area contributed by atoms with Crippen LogP contribution in [0.25, 0.3) is 0 Å². The van der Waals surface area contributed by atoms with E-state index in [-0.39, 0.29) is 0 Å². The maximum absolute atomic E-state index is 11.3. The number of para-hydroxylation sites is 1. The topological polar surface area (TPSA) is 53.4 Å². The first-order valence-electron chi connectivity index (χ1n) is 6.03. The van der Waals surface area contributed by atoms with Crippen LogP contribution in [-0.4, -0.2) is 23.1 Å². The number of anilines is 1. The van der Waals surface area contributed by atoms with Gasteiger partial charge in [-0.3, -0.25) is 4.98 Å². The molecule has 1 N–H and O–H groups in total. The second kappa shape index (κ2) is 5.52. The Labute approximate surface area is 112 Å². The van der Waals surface area contributed by atoms with Gasteiger partial charge >= 0.3 is 5.97 Å². The SMILES string of the molecule is Cc1cccc(C(=O)O)c1N(C)Cc1ccccn1. The van der Waals surface area contributed by atoms with E-state index >= 15 is 0 Å². The normalized spacial score (nSPS) is 10.2. The summed E-state index contributed by atoms with van der Waals surface area (Å²) >= 11 is 0. The number of carbonyl (C=O) groups is 1. The van der Waals surface area contributed by atoms with E-state index in [0.29, 0.717) is 12.1 Å². The van der Waals surface area contributed by atoms with Gasteiger partial charge in [-0.25, -0.2) is 4.79 Å². The first-order valence-corrected chi connectivity index (χ1v) is 6.03. The Hall–Kier alpha value is -2.36. The van der Waals surface area contributed by atoms with Crippen LogP contribution in [-0.2, 0) is 6.54 Å². The second-order valence-corrected chi connectivity index (χ2v) is 4.45. The summed E-state index contributed by atoms with van der Waals surface area (Å²) in [6, 6.07) is 11.0. The molecule has 1 heterocycles. The van der Waals surface area contributed by atoms with E-state index < -0.39 is 5.97 Å². The largest absolute Gasteiger partial charge is 0.478 e. The summed E-state index contributed by atoms with van der Waals surface area (Å²) in [6.45, 7) is 2.49. The molecule has 0 amide bonds. The first kappa shape index (κ1) is 13.1. The van der Waals surface area contributed by atoms with E-state index in [0.717, 1.165) is 16.9 Å². The molecule has 2 aromatic rings. The number of carboxylic acid groups (broad SMARTS) is 1. The summed E-state index contributed by atoms with van der Waals surface area (Å²) in [5.41, 5.74) is 2.90. The zero-order valence-corrected chi connectivity index (χ0v) is 11.0. The number of hydrogen-bond acceptors (Lipinski definition) is 3. The number of nitrogens with zero attached hydrogens (tertiary/aromatic N) is 2. The lowest BCUT2D eigenvalue weighted by Gasteiger charge is -2.23. The van der Waals surface area contributed by atoms with Crippen molar-refractivity contribution in [2.75, 3.05) is 11.9 Å². The third-order valence-corrected chi connectivity index (χ3v) is 2.98. The lowest BCUT2D eigenvalue weighted by atomic mass is 10.1. The number of rotatable bonds is 4. The second-order valence-electron chi connectivity index (χ2n) is 4.45. The standard InChI is InChI=1S/C15H16N2O2/c1-11-6-5-8-13(15(18)19)14(11)17(2)10-12-7-3-4-9-16-12/h3-9H,10H2,1-2H3,(H,18,19). The molecular formula is C15H16N2O2. The monoisotopic (exact) mass is 256 g/mol. The molecule has 98 valence electrons. The fourth-order valence-electron chi connectivity index (χ4n) is 2.15. The highest BCUT2D eigenvalue weighted by Crippen LogP contribution is 2.25. The van der Waals surface area contributed by atoms with Crippen LogP contribution in [0.2, 0.25) is 0 Å². The maximum Gasteiger partial charge on any atom is 0.337 e. The van der Waals surface area contributed by atoms with E-state index in [1.807, 2.05) is 43.1 Å². The van der Waals surface area contributed by atoms with Crippen LogP contribution in [0.5, 0.6) is 0 Å². The fraction of sp³-hybridized carbons (Fsp3) is 0.200. The van der Waals surface area contributed by atoms with Crippen molar-refractivity contribution in [3.63, 3.8) is 0 Å². The van der Waals surface area contributed by atoms with Crippen molar-refractivity contribution in [3.8, 4) is 0 Å². The fourth-order valence-corrected chi connectivity index (χ4v) is 2.15. The molecule has 1 aromatic heterocycles. The molecule has 4 nitrogen and oxygen atoms in total. The maximum atomic E-state index is 11.3. The number of benzene rings is 1. The summed E-state index contributed by atoms with van der Waals surface area (Å²) in [5.74, 6) is -0.911. The van der Waals surface area contributed by atoms with Gasteiger partial charge in [0, 0.05) is 13.2 Å². The first-order chi connectivity index (χ1) is 9.09. The third-order valence-electron chi connectivity index (χ3n) is 2.98. The molecule has 2 rings (SSSR count). The van der Waals surface area contributed by atoms with E-state index in [4.69, 9.17) is 0 Å². The number of hydrogen-bond donors (Lipinski definition) is 1. The predicted molar refractivity (Wildman–Crippen MR) is 74.5 cm³/mol. The quantitative estimate of drug-likeness (QED) is 0.913. The highest BCUT2D eigenvalue weighted by Gasteiger charge is 2.15. The molecule has 19 heavy (non-hydrogen) atoms. The lowest BCUT2D eigenvalue weighted by Crippen LogP contribution is -2.21. The van der Waals surface area contributed by atoms with Crippen LogP contribution in [0.3, 0.4) is 0 Å². The minimum Gasteiger partial charge on any atom is -0.478 e. The summed E-state index contributed by atoms with van der Waals surface area (Å²) in [4.78, 5) is 17.5. The Bertz CT molecular complexity index is 582. The molecule has 0 saturated carbocycles. The Balaban J connectivity index is 2.33. The van der Waals surface area contributed by atoms with Gasteiger partial charge in [0.2, 0.25) is 0 Å². The molecule has 0 saturated heterocycles. The molecule has 0 aliphatic carbocycles. The number of aromatic carboxylic acids is 1. The van der Waals surface area contributed by atoms with Crippen molar-refractivity contribution in [2.45, 2.75) is 13.5 Å². The Kier molecular flexibility index (Phi) is 3.80. The van der Waals surface area contributed by atoms with Crippen molar-refractivity contribution in [1.29, 1.82) is 0 Å². The summed E-state index contributed by atoms with van der Waals surface area (Å²) in [5, 5.41) is 9.26. The molecule has 4 heteroatoms. The lowest BCUT2D eigenvalue weighted by molar-refractivity contribution is 0.0697. The molecule has 0 spiro atoms. The number of carboxylic acids is 1. The van der Waals surface area contributed by atoms with Crippen LogP contribution in [0.4, 0.5) is 5.69 Å². The Morgan fingerprint density at radius 2 is 2.05 bits per heavy atom. The number of pyridine rings is 1. The molecule has 0 radical (unpaired) electrons. The van der Waals surface area contributed by atoms with E-state index in [1.165, 1.54) is 0 Å². The summed E-state index contributed by atoms with van der Waals surface area (Å²) in [7, 11) is 1.88. The average Bonchev–Trinajstić information content (AvgIpc) is 2.39. The molecule has 0 aliphatic heterocycles. The van der Waals surface area contributed by atoms with Gasteiger partial charge in [-0.1, -0.05) is 18.2 Å². The average molecular weight is 256 g/mol. The molecule has 0 bridgehead atoms. The van der Waals surface area contributed by atoms with Gasteiger partial charge in [0.1, 0.15) is 0 Å². The van der Waals surface area contributed by atoms with E-state index in [9.17, 15) is 9.90 Å². The Morgan fingerprint density at radius 1 is 1.26 bits per heavy atom. The third kappa shape index (κ3) is 2.91. The van der Waals surface area contributed by atoms with Crippen molar-refractivity contribution >= 4 is 11.7 Å². The smallest absolute Gasteiger partial charge is 0.337 e. The van der Waals surface area contributed by atoms with Crippen molar-refractivity contribution in [3.05, 3.63) is 59.4 Å². The van der Waals surface area contributed by atoms with Crippen LogP contribution in [0, 0.1) is 6.92 Å². The molecule has 0 unspecified atom stereocenters. The highest BCUT2D eigenvalue weighted by molar-refractivity contribution is 5.95. The molecule has 0 fully saturated rings. The van der Waals surface area contributed by atoms with Crippen LogP contribution in [0.1, 0.15) is 21.6 Å². The molecule has 0 aliphatic rings. The minimum atomic E-state index is -0.911. The van der Waals surface area contributed by atoms with Crippen LogP contribution < -0.4 is 4.90 Å². The van der Waals surface area contributed by atoms with Crippen molar-refractivity contribution < 1.29 is 9.90 Å².